The van der Waals surface area contributed by atoms with Crippen molar-refractivity contribution in [1.29, 1.82) is 0 Å². The van der Waals surface area contributed by atoms with Gasteiger partial charge in [0.05, 0.1) is 13.7 Å². The van der Waals surface area contributed by atoms with Crippen LogP contribution in [-0.4, -0.2) is 12.2 Å². The fraction of sp³-hybridized carbons (Fsp3) is 0.222. The molecule has 0 aromatic heterocycles. The van der Waals surface area contributed by atoms with Gasteiger partial charge in [0.25, 0.3) is 0 Å². The third-order valence-corrected chi connectivity index (χ3v) is 1.61. The maximum absolute atomic E-state index is 8.91. The van der Waals surface area contributed by atoms with E-state index in [0.29, 0.717) is 5.75 Å². The largest absolute Gasteiger partial charge is 0.496 e. The van der Waals surface area contributed by atoms with E-state index in [1.165, 1.54) is 0 Å². The Balaban J connectivity index is 3.13. The van der Waals surface area contributed by atoms with E-state index in [1.807, 2.05) is 12.1 Å². The number of aliphatic hydroxyl groups is 1. The van der Waals surface area contributed by atoms with Crippen molar-refractivity contribution in [1.82, 2.24) is 0 Å². The molecule has 0 fully saturated rings. The van der Waals surface area contributed by atoms with Crippen LogP contribution in [0, 0.1) is 6.92 Å². The van der Waals surface area contributed by atoms with E-state index in [1.54, 1.807) is 13.2 Å². The number of methoxy groups -OCH3 is 1. The number of benzene rings is 1. The minimum Gasteiger partial charge on any atom is -0.496 e. The quantitative estimate of drug-likeness (QED) is 0.691. The average molecular weight is 151 g/mol. The normalized spacial score (nSPS) is 9.73. The summed E-state index contributed by atoms with van der Waals surface area (Å²) in [4.78, 5) is 0. The summed E-state index contributed by atoms with van der Waals surface area (Å²) in [7, 11) is 1.58. The zero-order valence-electron chi connectivity index (χ0n) is 6.50. The highest BCUT2D eigenvalue weighted by molar-refractivity contribution is 5.41. The Labute approximate surface area is 66.4 Å². The van der Waals surface area contributed by atoms with Gasteiger partial charge in [0.1, 0.15) is 5.75 Å². The Morgan fingerprint density at radius 3 is 2.73 bits per heavy atom. The van der Waals surface area contributed by atoms with E-state index >= 15 is 0 Å². The lowest BCUT2D eigenvalue weighted by Crippen LogP contribution is -1.94. The van der Waals surface area contributed by atoms with E-state index in [9.17, 15) is 0 Å². The Morgan fingerprint density at radius 2 is 2.27 bits per heavy atom. The van der Waals surface area contributed by atoms with Gasteiger partial charge >= 0.3 is 0 Å². The van der Waals surface area contributed by atoms with Gasteiger partial charge in [0, 0.05) is 5.56 Å². The molecule has 0 spiro atoms. The molecule has 0 saturated carbocycles. The molecule has 0 aliphatic rings. The number of hydrogen-bond acceptors (Lipinski definition) is 2. The molecule has 0 saturated heterocycles. The van der Waals surface area contributed by atoms with E-state index in [4.69, 9.17) is 9.84 Å². The lowest BCUT2D eigenvalue weighted by atomic mass is 10.1. The minimum absolute atomic E-state index is 0.0250. The number of rotatable bonds is 2. The van der Waals surface area contributed by atoms with E-state index in [2.05, 4.69) is 6.92 Å². The van der Waals surface area contributed by atoms with Gasteiger partial charge in [0.15, 0.2) is 0 Å². The standard InChI is InChI=1S/C9H11O2/c1-7-4-3-5-9(11-2)8(7)6-10/h3-5,10H,1,6H2,2H3. The first kappa shape index (κ1) is 8.08. The number of aliphatic hydroxyl groups excluding tert-OH is 1. The molecule has 0 aliphatic carbocycles. The summed E-state index contributed by atoms with van der Waals surface area (Å²) < 4.78 is 5.02. The molecule has 1 aromatic rings. The molecule has 11 heavy (non-hydrogen) atoms. The van der Waals surface area contributed by atoms with E-state index < -0.39 is 0 Å². The maximum Gasteiger partial charge on any atom is 0.124 e. The molecule has 1 radical (unpaired) electrons. The predicted molar refractivity (Wildman–Crippen MR) is 43.4 cm³/mol. The molecule has 0 aliphatic heterocycles. The highest BCUT2D eigenvalue weighted by Gasteiger charge is 2.02. The highest BCUT2D eigenvalue weighted by atomic mass is 16.5. The van der Waals surface area contributed by atoms with Crippen molar-refractivity contribution in [2.75, 3.05) is 7.11 Å². The zero-order valence-corrected chi connectivity index (χ0v) is 6.50. The van der Waals surface area contributed by atoms with Crippen LogP contribution in [0.25, 0.3) is 0 Å². The van der Waals surface area contributed by atoms with E-state index in [0.717, 1.165) is 11.1 Å². The van der Waals surface area contributed by atoms with E-state index in [-0.39, 0.29) is 6.61 Å². The molecule has 59 valence electrons. The SMILES string of the molecule is [CH2]c1cccc(OC)c1CO. The van der Waals surface area contributed by atoms with Crippen molar-refractivity contribution in [3.05, 3.63) is 36.2 Å². The van der Waals surface area contributed by atoms with Crippen LogP contribution in [0.5, 0.6) is 5.75 Å². The van der Waals surface area contributed by atoms with Crippen LogP contribution in [0.4, 0.5) is 0 Å². The Kier molecular flexibility index (Phi) is 2.49. The molecule has 0 bridgehead atoms. The van der Waals surface area contributed by atoms with Crippen molar-refractivity contribution in [2.24, 2.45) is 0 Å². The lowest BCUT2D eigenvalue weighted by Gasteiger charge is -2.07. The van der Waals surface area contributed by atoms with Crippen LogP contribution < -0.4 is 4.74 Å². The lowest BCUT2D eigenvalue weighted by molar-refractivity contribution is 0.273. The fourth-order valence-electron chi connectivity index (χ4n) is 0.982. The zero-order chi connectivity index (χ0) is 8.27. The van der Waals surface area contributed by atoms with Crippen LogP contribution in [-0.2, 0) is 6.61 Å². The van der Waals surface area contributed by atoms with Crippen LogP contribution in [0.2, 0.25) is 0 Å². The number of hydrogen-bond donors (Lipinski definition) is 1. The van der Waals surface area contributed by atoms with Gasteiger partial charge in [-0.15, -0.1) is 0 Å². The molecule has 0 atom stereocenters. The molecule has 1 N–H and O–H groups in total. The van der Waals surface area contributed by atoms with Gasteiger partial charge in [-0.3, -0.25) is 0 Å². The molecule has 0 heterocycles. The predicted octanol–water partition coefficient (Wildman–Crippen LogP) is 1.37. The van der Waals surface area contributed by atoms with Crippen LogP contribution in [0.15, 0.2) is 18.2 Å². The van der Waals surface area contributed by atoms with Crippen LogP contribution in [0.3, 0.4) is 0 Å². The topological polar surface area (TPSA) is 29.5 Å². The molecule has 1 rings (SSSR count). The minimum atomic E-state index is -0.0250. The van der Waals surface area contributed by atoms with Gasteiger partial charge in [0.2, 0.25) is 0 Å². The summed E-state index contributed by atoms with van der Waals surface area (Å²) in [5.74, 6) is 0.694. The molecule has 0 unspecified atom stereocenters. The van der Waals surface area contributed by atoms with Gasteiger partial charge in [-0.05, 0) is 18.6 Å². The first-order chi connectivity index (χ1) is 5.29. The van der Waals surface area contributed by atoms with Crippen molar-refractivity contribution < 1.29 is 9.84 Å². The Morgan fingerprint density at radius 1 is 1.55 bits per heavy atom. The summed E-state index contributed by atoms with van der Waals surface area (Å²) in [5, 5.41) is 8.91. The monoisotopic (exact) mass is 151 g/mol. The third-order valence-electron chi connectivity index (χ3n) is 1.61. The van der Waals surface area contributed by atoms with Crippen molar-refractivity contribution in [3.8, 4) is 5.75 Å². The fourth-order valence-corrected chi connectivity index (χ4v) is 0.982. The molecular weight excluding hydrogens is 140 g/mol. The van der Waals surface area contributed by atoms with Crippen molar-refractivity contribution in [3.63, 3.8) is 0 Å². The first-order valence-corrected chi connectivity index (χ1v) is 3.38. The molecule has 2 nitrogen and oxygen atoms in total. The molecule has 2 heteroatoms. The van der Waals surface area contributed by atoms with Crippen molar-refractivity contribution >= 4 is 0 Å². The molecule has 0 amide bonds. The average Bonchev–Trinajstić information content (AvgIpc) is 2.04. The van der Waals surface area contributed by atoms with Crippen LogP contribution >= 0.6 is 0 Å². The van der Waals surface area contributed by atoms with Gasteiger partial charge in [-0.2, -0.15) is 0 Å². The summed E-state index contributed by atoms with van der Waals surface area (Å²) >= 11 is 0. The third kappa shape index (κ3) is 1.52. The second-order valence-corrected chi connectivity index (χ2v) is 2.26. The molecular formula is C9H11O2. The van der Waals surface area contributed by atoms with Gasteiger partial charge < -0.3 is 9.84 Å². The van der Waals surface area contributed by atoms with Gasteiger partial charge in [-0.1, -0.05) is 12.1 Å². The Hall–Kier alpha value is -1.02. The highest BCUT2D eigenvalue weighted by Crippen LogP contribution is 2.20. The van der Waals surface area contributed by atoms with Crippen molar-refractivity contribution in [2.45, 2.75) is 6.61 Å². The van der Waals surface area contributed by atoms with Crippen LogP contribution in [0.1, 0.15) is 11.1 Å². The van der Waals surface area contributed by atoms with Gasteiger partial charge in [-0.25, -0.2) is 0 Å². The summed E-state index contributed by atoms with van der Waals surface area (Å²) in [6.07, 6.45) is 0. The second kappa shape index (κ2) is 3.39. The maximum atomic E-state index is 8.91. The second-order valence-electron chi connectivity index (χ2n) is 2.26. The Bertz CT molecular complexity index is 243. The summed E-state index contributed by atoms with van der Waals surface area (Å²) in [5.41, 5.74) is 1.57. The number of ether oxygens (including phenoxy) is 1. The molecule has 1 aromatic carbocycles. The summed E-state index contributed by atoms with van der Waals surface area (Å²) in [6.45, 7) is 3.74. The summed E-state index contributed by atoms with van der Waals surface area (Å²) in [6, 6.07) is 5.49. The smallest absolute Gasteiger partial charge is 0.124 e. The first-order valence-electron chi connectivity index (χ1n) is 3.38.